The molecule has 0 spiro atoms. The summed E-state index contributed by atoms with van der Waals surface area (Å²) in [6, 6.07) is 12.0. The average Bonchev–Trinajstić information content (AvgIpc) is 3.32. The molecule has 0 saturated carbocycles. The molecule has 178 valence electrons. The molecule has 35 heavy (non-hydrogen) atoms. The normalized spacial score (nSPS) is 13.6. The number of anilines is 2. The molecule has 3 N–H and O–H groups in total. The third-order valence-corrected chi connectivity index (χ3v) is 5.07. The molecule has 1 aliphatic rings. The zero-order valence-corrected chi connectivity index (χ0v) is 18.2. The maximum absolute atomic E-state index is 12.9. The van der Waals surface area contributed by atoms with Gasteiger partial charge in [0.15, 0.2) is 11.7 Å². The van der Waals surface area contributed by atoms with Crippen LogP contribution in [0, 0.1) is 0 Å². The van der Waals surface area contributed by atoms with Crippen LogP contribution >= 0.6 is 0 Å². The van der Waals surface area contributed by atoms with Crippen LogP contribution in [0.15, 0.2) is 71.7 Å². The highest BCUT2D eigenvalue weighted by Gasteiger charge is 2.30. The Balaban J connectivity index is 1.26. The van der Waals surface area contributed by atoms with Crippen molar-refractivity contribution in [3.63, 3.8) is 0 Å². The number of ether oxygens (including phenoxy) is 2. The van der Waals surface area contributed by atoms with E-state index in [1.54, 1.807) is 25.6 Å². The van der Waals surface area contributed by atoms with E-state index in [0.717, 1.165) is 23.0 Å². The highest BCUT2D eigenvalue weighted by Crippen LogP contribution is 2.31. The topological polar surface area (TPSA) is 109 Å². The van der Waals surface area contributed by atoms with Crippen molar-refractivity contribution < 1.29 is 22.6 Å². The van der Waals surface area contributed by atoms with Gasteiger partial charge in [-0.3, -0.25) is 15.1 Å². The fourth-order valence-electron chi connectivity index (χ4n) is 3.39. The van der Waals surface area contributed by atoms with Gasteiger partial charge in [0.25, 0.3) is 0 Å². The van der Waals surface area contributed by atoms with Crippen LogP contribution in [-0.2, 0) is 6.18 Å². The number of hydrogen-bond donors (Lipinski definition) is 3. The van der Waals surface area contributed by atoms with Crippen LogP contribution in [0.2, 0.25) is 0 Å². The number of nitrogens with one attached hydrogen (secondary N) is 3. The van der Waals surface area contributed by atoms with Gasteiger partial charge in [-0.1, -0.05) is 6.07 Å². The third kappa shape index (κ3) is 4.86. The van der Waals surface area contributed by atoms with Crippen molar-refractivity contribution in [3.8, 4) is 11.5 Å². The first-order valence-corrected chi connectivity index (χ1v) is 10.4. The van der Waals surface area contributed by atoms with E-state index in [4.69, 9.17) is 9.47 Å². The summed E-state index contributed by atoms with van der Waals surface area (Å²) >= 11 is 0. The minimum atomic E-state index is -4.44. The van der Waals surface area contributed by atoms with E-state index in [1.165, 1.54) is 12.1 Å². The lowest BCUT2D eigenvalue weighted by molar-refractivity contribution is -0.137. The maximum atomic E-state index is 12.9. The molecule has 9 nitrogen and oxygen atoms in total. The first kappa shape index (κ1) is 22.2. The highest BCUT2D eigenvalue weighted by atomic mass is 19.4. The predicted molar refractivity (Wildman–Crippen MR) is 123 cm³/mol. The van der Waals surface area contributed by atoms with Crippen LogP contribution < -0.4 is 20.1 Å². The maximum Gasteiger partial charge on any atom is 0.416 e. The molecule has 0 atom stereocenters. The summed E-state index contributed by atoms with van der Waals surface area (Å²) in [5, 5.41) is 13.2. The lowest BCUT2D eigenvalue weighted by atomic mass is 10.2. The van der Waals surface area contributed by atoms with Crippen molar-refractivity contribution in [2.45, 2.75) is 6.18 Å². The van der Waals surface area contributed by atoms with Crippen molar-refractivity contribution in [1.29, 1.82) is 0 Å². The number of fused-ring (bicyclic) bond motifs is 1. The average molecular weight is 481 g/mol. The van der Waals surface area contributed by atoms with Crippen LogP contribution in [0.25, 0.3) is 10.9 Å². The van der Waals surface area contributed by atoms with Gasteiger partial charge in [-0.15, -0.1) is 5.10 Å². The van der Waals surface area contributed by atoms with E-state index in [0.29, 0.717) is 28.9 Å². The van der Waals surface area contributed by atoms with Gasteiger partial charge >= 0.3 is 6.18 Å². The van der Waals surface area contributed by atoms with E-state index in [1.807, 2.05) is 18.2 Å². The third-order valence-electron chi connectivity index (χ3n) is 5.07. The summed E-state index contributed by atoms with van der Waals surface area (Å²) in [6.07, 6.45) is -1.14. The Morgan fingerprint density at radius 1 is 1.09 bits per heavy atom. The van der Waals surface area contributed by atoms with Gasteiger partial charge in [0.05, 0.1) is 18.2 Å². The molecule has 0 amide bonds. The zero-order valence-electron chi connectivity index (χ0n) is 18.2. The molecule has 0 unspecified atom stereocenters. The molecular weight excluding hydrogens is 463 g/mol. The van der Waals surface area contributed by atoms with Crippen LogP contribution in [0.3, 0.4) is 0 Å². The number of benzene rings is 2. The monoisotopic (exact) mass is 481 g/mol. The number of hydrogen-bond acceptors (Lipinski definition) is 8. The molecule has 1 aliphatic heterocycles. The number of amidine groups is 1. The number of methoxy groups -OCH3 is 1. The minimum absolute atomic E-state index is 0.104. The number of nitrogens with zero attached hydrogens (tertiary/aromatic N) is 4. The number of rotatable bonds is 6. The Morgan fingerprint density at radius 3 is 2.74 bits per heavy atom. The van der Waals surface area contributed by atoms with Crippen molar-refractivity contribution in [2.75, 3.05) is 19.0 Å². The quantitative estimate of drug-likeness (QED) is 0.375. The molecule has 0 radical (unpaired) electrons. The number of aromatic nitrogens is 4. The standard InChI is InChI=1S/C23H18F3N7O2/c1-34-15-5-6-18-17(10-15)19(7-8-27-18)35-16-11-28-20(29-12-16)21-31-22(33-32-21)30-14-4-2-3-13(9-14)23(24,25)26/h2-11H,12H2,1H3,(H,28,29)(H2,30,31,32,33). The van der Waals surface area contributed by atoms with Crippen molar-refractivity contribution >= 4 is 28.4 Å². The second kappa shape index (κ2) is 8.97. The number of aliphatic imine (C=N–C) groups is 1. The van der Waals surface area contributed by atoms with Gasteiger partial charge in [0, 0.05) is 23.5 Å². The summed E-state index contributed by atoms with van der Waals surface area (Å²) in [6.45, 7) is 0.229. The van der Waals surface area contributed by atoms with Gasteiger partial charge in [-0.05, 0) is 42.5 Å². The largest absolute Gasteiger partial charge is 0.497 e. The van der Waals surface area contributed by atoms with E-state index < -0.39 is 11.7 Å². The predicted octanol–water partition coefficient (Wildman–Crippen LogP) is 4.39. The Morgan fingerprint density at radius 2 is 1.97 bits per heavy atom. The van der Waals surface area contributed by atoms with Crippen LogP contribution in [0.4, 0.5) is 24.8 Å². The van der Waals surface area contributed by atoms with E-state index >= 15 is 0 Å². The second-order valence-corrected chi connectivity index (χ2v) is 7.43. The van der Waals surface area contributed by atoms with E-state index in [2.05, 4.69) is 35.8 Å². The van der Waals surface area contributed by atoms with E-state index in [9.17, 15) is 13.2 Å². The molecule has 0 bridgehead atoms. The molecule has 3 heterocycles. The molecule has 0 saturated heterocycles. The Hall–Kier alpha value is -4.61. The fraction of sp³-hybridized carbons (Fsp3) is 0.130. The minimum Gasteiger partial charge on any atom is -0.497 e. The highest BCUT2D eigenvalue weighted by molar-refractivity contribution is 5.97. The smallest absolute Gasteiger partial charge is 0.416 e. The van der Waals surface area contributed by atoms with Gasteiger partial charge in [0.1, 0.15) is 23.8 Å². The Bertz CT molecular complexity index is 1450. The molecule has 2 aromatic heterocycles. The van der Waals surface area contributed by atoms with Crippen molar-refractivity contribution in [2.24, 2.45) is 4.99 Å². The first-order valence-electron chi connectivity index (χ1n) is 10.4. The molecule has 5 rings (SSSR count). The van der Waals surface area contributed by atoms with Gasteiger partial charge in [-0.2, -0.15) is 18.2 Å². The molecule has 0 aliphatic carbocycles. The molecule has 4 aromatic rings. The summed E-state index contributed by atoms with van der Waals surface area (Å²) in [5.74, 6) is 2.68. The van der Waals surface area contributed by atoms with Crippen LogP contribution in [0.5, 0.6) is 11.5 Å². The summed E-state index contributed by atoms with van der Waals surface area (Å²) in [4.78, 5) is 13.0. The first-order chi connectivity index (χ1) is 16.9. The number of alkyl halides is 3. The SMILES string of the molecule is COc1ccc2nccc(OC3=CNC(c4nc(Nc5cccc(C(F)(F)F)c5)n[nH]4)=NC3)c2c1. The number of halogens is 3. The molecule has 0 fully saturated rings. The Labute approximate surface area is 196 Å². The lowest BCUT2D eigenvalue weighted by Crippen LogP contribution is -2.26. The van der Waals surface area contributed by atoms with Crippen LogP contribution in [0.1, 0.15) is 11.4 Å². The van der Waals surface area contributed by atoms with Gasteiger partial charge in [0.2, 0.25) is 5.95 Å². The van der Waals surface area contributed by atoms with Crippen molar-refractivity contribution in [3.05, 3.63) is 78.1 Å². The number of H-pyrrole nitrogens is 1. The zero-order chi connectivity index (χ0) is 24.4. The van der Waals surface area contributed by atoms with Crippen molar-refractivity contribution in [1.82, 2.24) is 25.5 Å². The summed E-state index contributed by atoms with van der Waals surface area (Å²) in [7, 11) is 1.59. The van der Waals surface area contributed by atoms with E-state index in [-0.39, 0.29) is 18.2 Å². The van der Waals surface area contributed by atoms with Gasteiger partial charge in [-0.25, -0.2) is 0 Å². The molecule has 12 heteroatoms. The lowest BCUT2D eigenvalue weighted by Gasteiger charge is -2.15. The summed E-state index contributed by atoms with van der Waals surface area (Å²) < 4.78 is 50.1. The fourth-order valence-corrected chi connectivity index (χ4v) is 3.39. The molecule has 2 aromatic carbocycles. The number of pyridine rings is 1. The summed E-state index contributed by atoms with van der Waals surface area (Å²) in [5.41, 5.74) is 0.203. The molecular formula is C23H18F3N7O2. The second-order valence-electron chi connectivity index (χ2n) is 7.43. The van der Waals surface area contributed by atoms with Gasteiger partial charge < -0.3 is 20.1 Å². The van der Waals surface area contributed by atoms with Crippen LogP contribution in [-0.4, -0.2) is 39.7 Å². The number of aromatic amines is 1. The Kier molecular flexibility index (Phi) is 5.69.